The van der Waals surface area contributed by atoms with Crippen molar-refractivity contribution in [1.29, 1.82) is 0 Å². The number of nitrogens with one attached hydrogen (secondary N) is 2. The van der Waals surface area contributed by atoms with Crippen LogP contribution >= 0.6 is 0 Å². The average molecular weight is 370 g/mol. The van der Waals surface area contributed by atoms with E-state index in [0.29, 0.717) is 13.2 Å². The van der Waals surface area contributed by atoms with E-state index in [1.807, 2.05) is 49.4 Å². The number of anilines is 2. The molecule has 6 nitrogen and oxygen atoms in total. The van der Waals surface area contributed by atoms with Crippen LogP contribution in [0.2, 0.25) is 0 Å². The number of rotatable bonds is 7. The quantitative estimate of drug-likeness (QED) is 0.774. The Morgan fingerprint density at radius 3 is 2.67 bits per heavy atom. The smallest absolute Gasteiger partial charge is 0.279 e. The monoisotopic (exact) mass is 370 g/mol. The number of ether oxygens (including phenoxy) is 2. The van der Waals surface area contributed by atoms with Gasteiger partial charge in [-0.05, 0) is 31.2 Å². The average Bonchev–Trinajstić information content (AvgIpc) is 2.69. The van der Waals surface area contributed by atoms with Crippen molar-refractivity contribution in [3.05, 3.63) is 48.5 Å². The number of benzene rings is 2. The number of hydrogen-bond donors (Lipinski definition) is 2. The maximum atomic E-state index is 12.4. The second-order valence-electron chi connectivity index (χ2n) is 6.59. The van der Waals surface area contributed by atoms with Gasteiger partial charge >= 0.3 is 0 Å². The van der Waals surface area contributed by atoms with Gasteiger partial charge in [0, 0.05) is 11.8 Å². The summed E-state index contributed by atoms with van der Waals surface area (Å²) in [5, 5.41) is 2.96. The SMILES string of the molecule is CCOc1ccccc1N1CC[NH+](CC(=O)Nc2cccc(OC)c2)CC1. The van der Waals surface area contributed by atoms with Crippen molar-refractivity contribution in [1.82, 2.24) is 0 Å². The number of carbonyl (C=O) groups excluding carboxylic acids is 1. The number of quaternary nitrogens is 1. The van der Waals surface area contributed by atoms with Crippen LogP contribution < -0.4 is 24.6 Å². The first kappa shape index (κ1) is 19.0. The third-order valence-corrected chi connectivity index (χ3v) is 4.74. The molecule has 2 N–H and O–H groups in total. The third kappa shape index (κ3) is 5.14. The van der Waals surface area contributed by atoms with Crippen LogP contribution in [-0.4, -0.2) is 52.3 Å². The summed E-state index contributed by atoms with van der Waals surface area (Å²) in [6, 6.07) is 15.6. The Labute approximate surface area is 160 Å². The Morgan fingerprint density at radius 1 is 1.15 bits per heavy atom. The minimum absolute atomic E-state index is 0.0291. The van der Waals surface area contributed by atoms with Gasteiger partial charge in [0.15, 0.2) is 6.54 Å². The summed E-state index contributed by atoms with van der Waals surface area (Å²) in [6.07, 6.45) is 0. The third-order valence-electron chi connectivity index (χ3n) is 4.74. The van der Waals surface area contributed by atoms with E-state index in [-0.39, 0.29) is 5.91 Å². The van der Waals surface area contributed by atoms with Crippen LogP contribution in [0.15, 0.2) is 48.5 Å². The van der Waals surface area contributed by atoms with Gasteiger partial charge in [0.2, 0.25) is 0 Å². The Hall–Kier alpha value is -2.73. The van der Waals surface area contributed by atoms with Crippen molar-refractivity contribution in [2.24, 2.45) is 0 Å². The summed E-state index contributed by atoms with van der Waals surface area (Å²) in [5.74, 6) is 1.70. The molecule has 1 saturated heterocycles. The maximum Gasteiger partial charge on any atom is 0.279 e. The Bertz CT molecular complexity index is 758. The summed E-state index contributed by atoms with van der Waals surface area (Å²) in [6.45, 7) is 6.79. The van der Waals surface area contributed by atoms with Gasteiger partial charge in [-0.25, -0.2) is 0 Å². The molecule has 1 amide bonds. The van der Waals surface area contributed by atoms with Gasteiger partial charge < -0.3 is 24.6 Å². The molecule has 27 heavy (non-hydrogen) atoms. The first-order chi connectivity index (χ1) is 13.2. The lowest BCUT2D eigenvalue weighted by Gasteiger charge is -2.34. The first-order valence-electron chi connectivity index (χ1n) is 9.44. The van der Waals surface area contributed by atoms with Crippen LogP contribution in [0.1, 0.15) is 6.92 Å². The number of methoxy groups -OCH3 is 1. The lowest BCUT2D eigenvalue weighted by atomic mass is 10.2. The predicted octanol–water partition coefficient (Wildman–Crippen LogP) is 1.44. The fourth-order valence-corrected chi connectivity index (χ4v) is 3.37. The van der Waals surface area contributed by atoms with Gasteiger partial charge in [0.1, 0.15) is 11.5 Å². The highest BCUT2D eigenvalue weighted by Crippen LogP contribution is 2.27. The molecular formula is C21H28N3O3+. The van der Waals surface area contributed by atoms with E-state index in [1.165, 1.54) is 4.90 Å². The highest BCUT2D eigenvalue weighted by atomic mass is 16.5. The second-order valence-corrected chi connectivity index (χ2v) is 6.59. The van der Waals surface area contributed by atoms with Crippen molar-refractivity contribution in [2.45, 2.75) is 6.92 Å². The van der Waals surface area contributed by atoms with Gasteiger partial charge in [-0.2, -0.15) is 0 Å². The molecule has 0 spiro atoms. The molecular weight excluding hydrogens is 342 g/mol. The number of amides is 1. The molecule has 2 aromatic rings. The lowest BCUT2D eigenvalue weighted by Crippen LogP contribution is -3.15. The second kappa shape index (κ2) is 9.28. The van der Waals surface area contributed by atoms with Crippen LogP contribution in [0.5, 0.6) is 11.5 Å². The van der Waals surface area contributed by atoms with Crippen LogP contribution in [-0.2, 0) is 4.79 Å². The van der Waals surface area contributed by atoms with Gasteiger partial charge in [-0.15, -0.1) is 0 Å². The van der Waals surface area contributed by atoms with E-state index in [0.717, 1.165) is 49.1 Å². The minimum Gasteiger partial charge on any atom is -0.497 e. The van der Waals surface area contributed by atoms with Crippen molar-refractivity contribution in [3.8, 4) is 11.5 Å². The van der Waals surface area contributed by atoms with E-state index >= 15 is 0 Å². The normalized spacial score (nSPS) is 14.7. The predicted molar refractivity (Wildman–Crippen MR) is 107 cm³/mol. The molecule has 2 aromatic carbocycles. The van der Waals surface area contributed by atoms with E-state index < -0.39 is 0 Å². The summed E-state index contributed by atoms with van der Waals surface area (Å²) in [7, 11) is 1.62. The van der Waals surface area contributed by atoms with E-state index in [9.17, 15) is 4.79 Å². The lowest BCUT2D eigenvalue weighted by molar-refractivity contribution is -0.892. The molecule has 1 aliphatic rings. The highest BCUT2D eigenvalue weighted by molar-refractivity contribution is 5.91. The van der Waals surface area contributed by atoms with Gasteiger partial charge in [0.25, 0.3) is 5.91 Å². The maximum absolute atomic E-state index is 12.4. The minimum atomic E-state index is 0.0291. The zero-order valence-corrected chi connectivity index (χ0v) is 16.0. The van der Waals surface area contributed by atoms with Gasteiger partial charge in [-0.1, -0.05) is 18.2 Å². The molecule has 1 fully saturated rings. The molecule has 0 atom stereocenters. The summed E-state index contributed by atoms with van der Waals surface area (Å²) in [4.78, 5) is 16.0. The molecule has 1 heterocycles. The number of hydrogen-bond acceptors (Lipinski definition) is 4. The fourth-order valence-electron chi connectivity index (χ4n) is 3.37. The number of piperazine rings is 1. The number of nitrogens with zero attached hydrogens (tertiary/aromatic N) is 1. The Kier molecular flexibility index (Phi) is 6.54. The van der Waals surface area contributed by atoms with Crippen molar-refractivity contribution in [3.63, 3.8) is 0 Å². The van der Waals surface area contributed by atoms with Crippen molar-refractivity contribution in [2.75, 3.05) is 56.7 Å². The summed E-state index contributed by atoms with van der Waals surface area (Å²) in [5.41, 5.74) is 1.90. The zero-order valence-electron chi connectivity index (χ0n) is 16.0. The Balaban J connectivity index is 1.51. The van der Waals surface area contributed by atoms with Crippen LogP contribution in [0.4, 0.5) is 11.4 Å². The topological polar surface area (TPSA) is 55.2 Å². The first-order valence-corrected chi connectivity index (χ1v) is 9.44. The Morgan fingerprint density at radius 2 is 1.93 bits per heavy atom. The largest absolute Gasteiger partial charge is 0.497 e. The number of carbonyl (C=O) groups is 1. The highest BCUT2D eigenvalue weighted by Gasteiger charge is 2.24. The molecule has 0 aliphatic carbocycles. The van der Waals surface area contributed by atoms with Crippen molar-refractivity contribution >= 4 is 17.3 Å². The molecule has 0 radical (unpaired) electrons. The molecule has 3 rings (SSSR count). The molecule has 0 unspecified atom stereocenters. The van der Waals surface area contributed by atoms with Crippen molar-refractivity contribution < 1.29 is 19.2 Å². The van der Waals surface area contributed by atoms with E-state index in [4.69, 9.17) is 9.47 Å². The fraction of sp³-hybridized carbons (Fsp3) is 0.381. The standard InChI is InChI=1S/C21H27N3O3/c1-3-27-20-10-5-4-9-19(20)24-13-11-23(12-14-24)16-21(25)22-17-7-6-8-18(15-17)26-2/h4-10,15H,3,11-14,16H2,1-2H3,(H,22,25)/p+1. The van der Waals surface area contributed by atoms with Crippen LogP contribution in [0.25, 0.3) is 0 Å². The molecule has 6 heteroatoms. The zero-order chi connectivity index (χ0) is 19.1. The summed E-state index contributed by atoms with van der Waals surface area (Å²) >= 11 is 0. The molecule has 0 bridgehead atoms. The summed E-state index contributed by atoms with van der Waals surface area (Å²) < 4.78 is 10.9. The van der Waals surface area contributed by atoms with Crippen LogP contribution in [0.3, 0.4) is 0 Å². The van der Waals surface area contributed by atoms with E-state index in [2.05, 4.69) is 16.3 Å². The molecule has 0 saturated carbocycles. The van der Waals surface area contributed by atoms with Crippen LogP contribution in [0, 0.1) is 0 Å². The number of para-hydroxylation sites is 2. The molecule has 144 valence electrons. The van der Waals surface area contributed by atoms with E-state index in [1.54, 1.807) is 7.11 Å². The van der Waals surface area contributed by atoms with Gasteiger partial charge in [0.05, 0.1) is 45.6 Å². The molecule has 1 aliphatic heterocycles. The van der Waals surface area contributed by atoms with Gasteiger partial charge in [-0.3, -0.25) is 4.79 Å². The molecule has 0 aromatic heterocycles.